The fourth-order valence-corrected chi connectivity index (χ4v) is 5.25. The highest BCUT2D eigenvalue weighted by Crippen LogP contribution is 2.33. The smallest absolute Gasteiger partial charge is 0.338 e. The van der Waals surface area contributed by atoms with Crippen LogP contribution in [0.3, 0.4) is 0 Å². The van der Waals surface area contributed by atoms with E-state index >= 15 is 0 Å². The predicted molar refractivity (Wildman–Crippen MR) is 119 cm³/mol. The monoisotopic (exact) mass is 484 g/mol. The molecule has 8 nitrogen and oxygen atoms in total. The van der Waals surface area contributed by atoms with Crippen molar-refractivity contribution in [3.05, 3.63) is 35.7 Å². The van der Waals surface area contributed by atoms with Crippen molar-refractivity contribution in [3.63, 3.8) is 0 Å². The average Bonchev–Trinajstić information content (AvgIpc) is 3.18. The number of anilines is 3. The maximum Gasteiger partial charge on any atom is 0.416 e. The minimum atomic E-state index is -4.47. The molecule has 2 aromatic rings. The van der Waals surface area contributed by atoms with E-state index in [0.29, 0.717) is 37.7 Å². The Morgan fingerprint density at radius 3 is 2.39 bits per heavy atom. The summed E-state index contributed by atoms with van der Waals surface area (Å²) >= 11 is 0. The topological polar surface area (TPSA) is 91.3 Å². The average molecular weight is 485 g/mol. The third kappa shape index (κ3) is 5.55. The van der Waals surface area contributed by atoms with E-state index in [-0.39, 0.29) is 17.8 Å². The maximum atomic E-state index is 13.1. The van der Waals surface area contributed by atoms with Crippen LogP contribution in [0.25, 0.3) is 0 Å². The quantitative estimate of drug-likeness (QED) is 0.691. The molecule has 2 fully saturated rings. The highest BCUT2D eigenvalue weighted by molar-refractivity contribution is 7.88. The molecule has 0 amide bonds. The lowest BCUT2D eigenvalue weighted by Gasteiger charge is -2.30. The Labute approximate surface area is 191 Å². The first-order chi connectivity index (χ1) is 15.5. The summed E-state index contributed by atoms with van der Waals surface area (Å²) in [5.74, 6) is 0.962. The van der Waals surface area contributed by atoms with Crippen molar-refractivity contribution in [2.75, 3.05) is 36.1 Å². The molecule has 2 aliphatic heterocycles. The van der Waals surface area contributed by atoms with Crippen LogP contribution in [0.4, 0.5) is 30.8 Å². The molecule has 0 radical (unpaired) electrons. The first-order valence-electron chi connectivity index (χ1n) is 10.9. The van der Waals surface area contributed by atoms with Crippen molar-refractivity contribution in [1.82, 2.24) is 19.3 Å². The lowest BCUT2D eigenvalue weighted by Crippen LogP contribution is -2.37. The van der Waals surface area contributed by atoms with E-state index in [1.165, 1.54) is 10.6 Å². The van der Waals surface area contributed by atoms with E-state index in [9.17, 15) is 21.6 Å². The van der Waals surface area contributed by atoms with Gasteiger partial charge in [0.2, 0.25) is 16.0 Å². The zero-order valence-corrected chi connectivity index (χ0v) is 19.3. The number of pyridine rings is 1. The molecule has 2 saturated heterocycles. The molecule has 1 N–H and O–H groups in total. The number of sulfonamides is 1. The minimum absolute atomic E-state index is 0.0256. The molecule has 180 valence electrons. The summed E-state index contributed by atoms with van der Waals surface area (Å²) in [5, 5.41) is 2.91. The number of alkyl halides is 3. The molecule has 1 atom stereocenters. The van der Waals surface area contributed by atoms with Gasteiger partial charge < -0.3 is 10.2 Å². The Bertz CT molecular complexity index is 1100. The van der Waals surface area contributed by atoms with Gasteiger partial charge in [0.15, 0.2) is 0 Å². The molecule has 33 heavy (non-hydrogen) atoms. The zero-order valence-electron chi connectivity index (χ0n) is 18.5. The van der Waals surface area contributed by atoms with Crippen LogP contribution in [0.5, 0.6) is 0 Å². The Morgan fingerprint density at radius 2 is 1.79 bits per heavy atom. The van der Waals surface area contributed by atoms with Gasteiger partial charge in [-0.25, -0.2) is 22.7 Å². The van der Waals surface area contributed by atoms with Gasteiger partial charge in [-0.15, -0.1) is 0 Å². The number of piperidine rings is 1. The first kappa shape index (κ1) is 23.7. The Hall–Kier alpha value is -2.47. The molecule has 12 heteroatoms. The van der Waals surface area contributed by atoms with E-state index in [4.69, 9.17) is 4.98 Å². The van der Waals surface area contributed by atoms with E-state index in [2.05, 4.69) is 27.1 Å². The Morgan fingerprint density at radius 1 is 1.06 bits per heavy atom. The van der Waals surface area contributed by atoms with Crippen molar-refractivity contribution in [2.45, 2.75) is 50.7 Å². The molecule has 0 aliphatic carbocycles. The summed E-state index contributed by atoms with van der Waals surface area (Å²) < 4.78 is 64.5. The molecule has 0 saturated carbocycles. The van der Waals surface area contributed by atoms with Gasteiger partial charge in [0.05, 0.1) is 17.5 Å². The van der Waals surface area contributed by atoms with E-state index in [0.717, 1.165) is 43.4 Å². The number of nitrogens with one attached hydrogen (secondary N) is 1. The molecule has 0 bridgehead atoms. The second-order valence-electron chi connectivity index (χ2n) is 8.65. The SMILES string of the molecule is C[C@@H]1CCCN1c1nc(Nc2cc(C(F)(F)F)ccn2)cc(C2CCN(S(C)(=O)=O)CC2)n1. The second kappa shape index (κ2) is 9.05. The fourth-order valence-electron chi connectivity index (χ4n) is 4.37. The van der Waals surface area contributed by atoms with Crippen molar-refractivity contribution in [2.24, 2.45) is 0 Å². The summed E-state index contributed by atoms with van der Waals surface area (Å²) in [4.78, 5) is 15.5. The molecule has 0 unspecified atom stereocenters. The van der Waals surface area contributed by atoms with Crippen molar-refractivity contribution in [1.29, 1.82) is 0 Å². The van der Waals surface area contributed by atoms with Crippen molar-refractivity contribution < 1.29 is 21.6 Å². The fraction of sp³-hybridized carbons (Fsp3) is 0.571. The highest BCUT2D eigenvalue weighted by atomic mass is 32.2. The predicted octanol–water partition coefficient (Wildman–Crippen LogP) is 3.76. The molecule has 4 heterocycles. The van der Waals surface area contributed by atoms with Crippen LogP contribution < -0.4 is 10.2 Å². The van der Waals surface area contributed by atoms with E-state index < -0.39 is 21.8 Å². The number of rotatable bonds is 5. The van der Waals surface area contributed by atoms with Crippen molar-refractivity contribution in [3.8, 4) is 0 Å². The van der Waals surface area contributed by atoms with Crippen molar-refractivity contribution >= 4 is 27.6 Å². The molecule has 2 aromatic heterocycles. The molecule has 4 rings (SSSR count). The van der Waals surface area contributed by atoms with E-state index in [1.54, 1.807) is 6.07 Å². The number of hydrogen-bond acceptors (Lipinski definition) is 7. The normalized spacial score (nSPS) is 20.9. The van der Waals surface area contributed by atoms with Gasteiger partial charge in [-0.2, -0.15) is 18.2 Å². The Balaban J connectivity index is 1.63. The van der Waals surface area contributed by atoms with E-state index in [1.807, 2.05) is 0 Å². The van der Waals surface area contributed by atoms with Crippen LogP contribution in [0.15, 0.2) is 24.4 Å². The standard InChI is InChI=1S/C21H27F3N6O2S/c1-14-4-3-9-30(14)20-26-17(15-6-10-29(11-7-15)33(2,31)32)13-19(28-20)27-18-12-16(5-8-25-18)21(22,23)24/h5,8,12-15H,3-4,6-7,9-11H2,1-2H3,(H,25,26,27,28)/t14-/m1/s1. The van der Waals surface area contributed by atoms with Gasteiger partial charge in [0.1, 0.15) is 11.6 Å². The zero-order chi connectivity index (χ0) is 23.8. The lowest BCUT2D eigenvalue weighted by atomic mass is 9.94. The van der Waals surface area contributed by atoms with Gasteiger partial charge in [-0.1, -0.05) is 0 Å². The maximum absolute atomic E-state index is 13.1. The second-order valence-corrected chi connectivity index (χ2v) is 10.6. The molecule has 0 aromatic carbocycles. The first-order valence-corrected chi connectivity index (χ1v) is 12.8. The number of hydrogen-bond donors (Lipinski definition) is 1. The van der Waals surface area contributed by atoms with Gasteiger partial charge in [-0.3, -0.25) is 0 Å². The third-order valence-corrected chi connectivity index (χ3v) is 7.53. The summed E-state index contributed by atoms with van der Waals surface area (Å²) in [7, 11) is -3.25. The van der Waals surface area contributed by atoms with Gasteiger partial charge in [0, 0.05) is 43.9 Å². The molecule has 0 spiro atoms. The van der Waals surface area contributed by atoms with Gasteiger partial charge >= 0.3 is 6.18 Å². The largest absolute Gasteiger partial charge is 0.416 e. The van der Waals surface area contributed by atoms with Crippen LogP contribution >= 0.6 is 0 Å². The van der Waals surface area contributed by atoms with Gasteiger partial charge in [-0.05, 0) is 44.7 Å². The number of halogens is 3. The molecule has 2 aliphatic rings. The summed E-state index contributed by atoms with van der Waals surface area (Å²) in [6.07, 6.45) is 1.09. The third-order valence-electron chi connectivity index (χ3n) is 6.23. The van der Waals surface area contributed by atoms with Crippen LogP contribution in [0.1, 0.15) is 49.8 Å². The summed E-state index contributed by atoms with van der Waals surface area (Å²) in [6, 6.07) is 3.85. The Kier molecular flexibility index (Phi) is 6.50. The highest BCUT2D eigenvalue weighted by Gasteiger charge is 2.31. The van der Waals surface area contributed by atoms with Crippen LogP contribution in [-0.2, 0) is 16.2 Å². The molecular weight excluding hydrogens is 457 g/mol. The summed E-state index contributed by atoms with van der Waals surface area (Å²) in [6.45, 7) is 3.70. The minimum Gasteiger partial charge on any atom is -0.338 e. The summed E-state index contributed by atoms with van der Waals surface area (Å²) in [5.41, 5.74) is -0.0439. The van der Waals surface area contributed by atoms with Crippen LogP contribution in [0, 0.1) is 0 Å². The van der Waals surface area contributed by atoms with Gasteiger partial charge in [0.25, 0.3) is 0 Å². The van der Waals surface area contributed by atoms with Crippen LogP contribution in [-0.4, -0.2) is 59.6 Å². The van der Waals surface area contributed by atoms with Crippen LogP contribution in [0.2, 0.25) is 0 Å². The number of aromatic nitrogens is 3. The number of nitrogens with zero attached hydrogens (tertiary/aromatic N) is 5. The lowest BCUT2D eigenvalue weighted by molar-refractivity contribution is -0.137. The molecular formula is C21H27F3N6O2S.